The zero-order chi connectivity index (χ0) is 11.4. The summed E-state index contributed by atoms with van der Waals surface area (Å²) >= 11 is 0. The highest BCUT2D eigenvalue weighted by atomic mass is 16.1. The van der Waals surface area contributed by atoms with Crippen molar-refractivity contribution >= 4 is 11.6 Å². The highest BCUT2D eigenvalue weighted by molar-refractivity contribution is 5.90. The van der Waals surface area contributed by atoms with E-state index in [2.05, 4.69) is 15.4 Å². The molecule has 0 aliphatic heterocycles. The zero-order valence-electron chi connectivity index (χ0n) is 8.92. The van der Waals surface area contributed by atoms with Gasteiger partial charge in [0, 0.05) is 12.6 Å². The van der Waals surface area contributed by atoms with Gasteiger partial charge in [-0.2, -0.15) is 5.10 Å². The van der Waals surface area contributed by atoms with Crippen LogP contribution in [0.25, 0.3) is 5.82 Å². The number of carbonyl (C=O) groups excluding carboxylic acids is 1. The second-order valence-corrected chi connectivity index (χ2v) is 3.26. The Kier molecular flexibility index (Phi) is 2.95. The third kappa shape index (κ3) is 2.25. The van der Waals surface area contributed by atoms with Crippen molar-refractivity contribution in [2.24, 2.45) is 0 Å². The molecular weight excluding hydrogens is 204 g/mol. The molecule has 1 N–H and O–H groups in total. The Labute approximate surface area is 93.1 Å². The Hall–Kier alpha value is -2.17. The highest BCUT2D eigenvalue weighted by Gasteiger charge is 2.03. The molecule has 5 nitrogen and oxygen atoms in total. The lowest BCUT2D eigenvalue weighted by Crippen LogP contribution is -2.08. The van der Waals surface area contributed by atoms with Crippen LogP contribution in [0, 0.1) is 0 Å². The van der Waals surface area contributed by atoms with Gasteiger partial charge in [-0.15, -0.1) is 0 Å². The molecule has 0 aliphatic rings. The lowest BCUT2D eigenvalue weighted by atomic mass is 10.4. The molecule has 0 fully saturated rings. The summed E-state index contributed by atoms with van der Waals surface area (Å²) in [4.78, 5) is 15.3. The fourth-order valence-electron chi connectivity index (χ4n) is 1.25. The number of amides is 1. The second-order valence-electron chi connectivity index (χ2n) is 3.26. The molecule has 2 heterocycles. The SMILES string of the molecule is CCC(=O)Nc1cnn(-c2ccccn2)c1. The largest absolute Gasteiger partial charge is 0.323 e. The molecule has 2 aromatic heterocycles. The van der Waals surface area contributed by atoms with Crippen molar-refractivity contribution in [1.82, 2.24) is 14.8 Å². The summed E-state index contributed by atoms with van der Waals surface area (Å²) in [6.07, 6.45) is 5.48. The van der Waals surface area contributed by atoms with Crippen molar-refractivity contribution in [3.05, 3.63) is 36.8 Å². The first-order chi connectivity index (χ1) is 7.79. The summed E-state index contributed by atoms with van der Waals surface area (Å²) in [6, 6.07) is 5.57. The fourth-order valence-corrected chi connectivity index (χ4v) is 1.25. The maximum absolute atomic E-state index is 11.2. The van der Waals surface area contributed by atoms with Gasteiger partial charge in [-0.1, -0.05) is 13.0 Å². The molecule has 82 valence electrons. The van der Waals surface area contributed by atoms with E-state index in [0.717, 1.165) is 5.82 Å². The second kappa shape index (κ2) is 4.57. The number of hydrogen-bond donors (Lipinski definition) is 1. The van der Waals surface area contributed by atoms with Crippen molar-refractivity contribution in [3.8, 4) is 5.82 Å². The van der Waals surface area contributed by atoms with Crippen molar-refractivity contribution < 1.29 is 4.79 Å². The van der Waals surface area contributed by atoms with Crippen LogP contribution in [0.15, 0.2) is 36.8 Å². The summed E-state index contributed by atoms with van der Waals surface area (Å²) in [5.41, 5.74) is 0.678. The molecule has 0 saturated heterocycles. The average Bonchev–Trinajstić information content (AvgIpc) is 2.78. The van der Waals surface area contributed by atoms with Crippen LogP contribution < -0.4 is 5.32 Å². The van der Waals surface area contributed by atoms with Crippen LogP contribution >= 0.6 is 0 Å². The lowest BCUT2D eigenvalue weighted by Gasteiger charge is -1.99. The van der Waals surface area contributed by atoms with Crippen molar-refractivity contribution in [1.29, 1.82) is 0 Å². The van der Waals surface area contributed by atoms with E-state index in [1.54, 1.807) is 30.2 Å². The average molecular weight is 216 g/mol. The van der Waals surface area contributed by atoms with E-state index in [1.165, 1.54) is 0 Å². The van der Waals surface area contributed by atoms with Crippen LogP contribution in [-0.4, -0.2) is 20.7 Å². The van der Waals surface area contributed by atoms with Gasteiger partial charge in [-0.3, -0.25) is 4.79 Å². The molecule has 2 rings (SSSR count). The summed E-state index contributed by atoms with van der Waals surface area (Å²) < 4.78 is 1.62. The summed E-state index contributed by atoms with van der Waals surface area (Å²) in [7, 11) is 0. The van der Waals surface area contributed by atoms with Crippen LogP contribution in [0.2, 0.25) is 0 Å². The third-order valence-electron chi connectivity index (χ3n) is 2.07. The molecule has 0 atom stereocenters. The topological polar surface area (TPSA) is 59.8 Å². The van der Waals surface area contributed by atoms with Gasteiger partial charge >= 0.3 is 0 Å². The number of aromatic nitrogens is 3. The maximum atomic E-state index is 11.2. The minimum absolute atomic E-state index is 0.0272. The number of carbonyl (C=O) groups is 1. The molecule has 0 saturated carbocycles. The van der Waals surface area contributed by atoms with Crippen molar-refractivity contribution in [2.75, 3.05) is 5.32 Å². The van der Waals surface area contributed by atoms with Gasteiger partial charge in [0.15, 0.2) is 5.82 Å². The Balaban J connectivity index is 2.17. The maximum Gasteiger partial charge on any atom is 0.224 e. The lowest BCUT2D eigenvalue weighted by molar-refractivity contribution is -0.115. The van der Waals surface area contributed by atoms with E-state index in [1.807, 2.05) is 18.2 Å². The summed E-state index contributed by atoms with van der Waals surface area (Å²) in [6.45, 7) is 1.80. The number of rotatable bonds is 3. The van der Waals surface area contributed by atoms with Gasteiger partial charge in [-0.05, 0) is 12.1 Å². The molecule has 0 aliphatic carbocycles. The molecule has 2 aromatic rings. The number of anilines is 1. The Morgan fingerprint density at radius 1 is 1.50 bits per heavy atom. The molecule has 1 amide bonds. The molecule has 0 spiro atoms. The number of hydrogen-bond acceptors (Lipinski definition) is 3. The molecule has 0 unspecified atom stereocenters. The normalized spacial score (nSPS) is 10.1. The molecule has 16 heavy (non-hydrogen) atoms. The van der Waals surface area contributed by atoms with E-state index in [-0.39, 0.29) is 5.91 Å². The zero-order valence-corrected chi connectivity index (χ0v) is 8.92. The fraction of sp³-hybridized carbons (Fsp3) is 0.182. The number of pyridine rings is 1. The minimum atomic E-state index is -0.0272. The monoisotopic (exact) mass is 216 g/mol. The quantitative estimate of drug-likeness (QED) is 0.848. The van der Waals surface area contributed by atoms with Gasteiger partial charge < -0.3 is 5.32 Å². The van der Waals surface area contributed by atoms with Crippen molar-refractivity contribution in [2.45, 2.75) is 13.3 Å². The Bertz CT molecular complexity index is 478. The number of nitrogens with zero attached hydrogens (tertiary/aromatic N) is 3. The van der Waals surface area contributed by atoms with Crippen LogP contribution in [0.4, 0.5) is 5.69 Å². The van der Waals surface area contributed by atoms with E-state index in [4.69, 9.17) is 0 Å². The van der Waals surface area contributed by atoms with Crippen LogP contribution in [0.3, 0.4) is 0 Å². The molecule has 5 heteroatoms. The van der Waals surface area contributed by atoms with E-state index >= 15 is 0 Å². The first-order valence-electron chi connectivity index (χ1n) is 5.05. The standard InChI is InChI=1S/C11H12N4O/c1-2-11(16)14-9-7-13-15(8-9)10-5-3-4-6-12-10/h3-8H,2H2,1H3,(H,14,16). The van der Waals surface area contributed by atoms with Crippen LogP contribution in [-0.2, 0) is 4.79 Å². The Morgan fingerprint density at radius 2 is 2.38 bits per heavy atom. The van der Waals surface area contributed by atoms with E-state index in [9.17, 15) is 4.79 Å². The third-order valence-corrected chi connectivity index (χ3v) is 2.07. The predicted molar refractivity (Wildman–Crippen MR) is 60.3 cm³/mol. The predicted octanol–water partition coefficient (Wildman–Crippen LogP) is 1.62. The van der Waals surface area contributed by atoms with Crippen LogP contribution in [0.5, 0.6) is 0 Å². The summed E-state index contributed by atoms with van der Waals surface area (Å²) in [5, 5.41) is 6.84. The smallest absolute Gasteiger partial charge is 0.224 e. The first kappa shape index (κ1) is 10.4. The van der Waals surface area contributed by atoms with Gasteiger partial charge in [0.1, 0.15) is 0 Å². The Morgan fingerprint density at radius 3 is 3.06 bits per heavy atom. The first-order valence-corrected chi connectivity index (χ1v) is 5.05. The summed E-state index contributed by atoms with van der Waals surface area (Å²) in [5.74, 6) is 0.695. The number of nitrogens with one attached hydrogen (secondary N) is 1. The van der Waals surface area contributed by atoms with Crippen molar-refractivity contribution in [3.63, 3.8) is 0 Å². The highest BCUT2D eigenvalue weighted by Crippen LogP contribution is 2.09. The van der Waals surface area contributed by atoms with E-state index in [0.29, 0.717) is 12.1 Å². The van der Waals surface area contributed by atoms with Gasteiger partial charge in [0.25, 0.3) is 0 Å². The molecule has 0 aromatic carbocycles. The van der Waals surface area contributed by atoms with Crippen LogP contribution in [0.1, 0.15) is 13.3 Å². The molecule has 0 radical (unpaired) electrons. The minimum Gasteiger partial charge on any atom is -0.323 e. The molecule has 0 bridgehead atoms. The van der Waals surface area contributed by atoms with Gasteiger partial charge in [0.05, 0.1) is 18.1 Å². The van der Waals surface area contributed by atoms with Gasteiger partial charge in [-0.25, -0.2) is 9.67 Å². The molecular formula is C11H12N4O. The van der Waals surface area contributed by atoms with Gasteiger partial charge in [0.2, 0.25) is 5.91 Å². The van der Waals surface area contributed by atoms with E-state index < -0.39 is 0 Å².